The highest BCUT2D eigenvalue weighted by atomic mass is 16.1. The lowest BCUT2D eigenvalue weighted by Crippen LogP contribution is -2.44. The van der Waals surface area contributed by atoms with Gasteiger partial charge in [-0.25, -0.2) is 4.68 Å². The van der Waals surface area contributed by atoms with Gasteiger partial charge in [-0.15, -0.1) is 0 Å². The van der Waals surface area contributed by atoms with Crippen molar-refractivity contribution in [3.05, 3.63) is 102 Å². The zero-order chi connectivity index (χ0) is 22.6. The Hall–Kier alpha value is -3.64. The number of piperidine rings is 1. The van der Waals surface area contributed by atoms with Gasteiger partial charge in [-0.2, -0.15) is 5.10 Å². The van der Waals surface area contributed by atoms with Gasteiger partial charge in [0.2, 0.25) is 0 Å². The molecule has 1 saturated heterocycles. The molecule has 6 heteroatoms. The first-order valence-electron chi connectivity index (χ1n) is 11.5. The molecule has 1 fully saturated rings. The number of aryl methyl sites for hydroxylation is 1. The molecule has 1 amide bonds. The van der Waals surface area contributed by atoms with Gasteiger partial charge in [0.15, 0.2) is 5.82 Å². The van der Waals surface area contributed by atoms with Gasteiger partial charge in [0.05, 0.1) is 11.9 Å². The van der Waals surface area contributed by atoms with Crippen molar-refractivity contribution in [1.29, 1.82) is 0 Å². The fourth-order valence-electron chi connectivity index (χ4n) is 4.44. The molecule has 0 aliphatic carbocycles. The molecule has 3 heterocycles. The molecule has 0 spiro atoms. The Bertz CT molecular complexity index is 1190. The summed E-state index contributed by atoms with van der Waals surface area (Å²) >= 11 is 0. The van der Waals surface area contributed by atoms with Gasteiger partial charge >= 0.3 is 0 Å². The van der Waals surface area contributed by atoms with Crippen molar-refractivity contribution in [2.24, 2.45) is 0 Å². The fraction of sp³-hybridized carbons (Fsp3) is 0.259. The number of carbonyl (C=O) groups is 1. The Kier molecular flexibility index (Phi) is 6.09. The van der Waals surface area contributed by atoms with Crippen LogP contribution < -0.4 is 5.32 Å². The number of likely N-dealkylation sites (tertiary alicyclic amines) is 1. The fourth-order valence-corrected chi connectivity index (χ4v) is 4.44. The van der Waals surface area contributed by atoms with Crippen LogP contribution >= 0.6 is 0 Å². The van der Waals surface area contributed by atoms with Crippen LogP contribution in [0, 0.1) is 6.92 Å². The largest absolute Gasteiger partial charge is 0.349 e. The number of benzene rings is 2. The van der Waals surface area contributed by atoms with Crippen molar-refractivity contribution in [2.75, 3.05) is 13.1 Å². The van der Waals surface area contributed by atoms with E-state index < -0.39 is 0 Å². The molecule has 1 aliphatic rings. The summed E-state index contributed by atoms with van der Waals surface area (Å²) in [6, 6.07) is 22.8. The van der Waals surface area contributed by atoms with E-state index in [-0.39, 0.29) is 11.9 Å². The number of rotatable bonds is 6. The van der Waals surface area contributed by atoms with Gasteiger partial charge in [0, 0.05) is 38.1 Å². The van der Waals surface area contributed by atoms with Crippen LogP contribution in [0.3, 0.4) is 0 Å². The van der Waals surface area contributed by atoms with E-state index in [9.17, 15) is 4.79 Å². The van der Waals surface area contributed by atoms with E-state index in [1.807, 2.05) is 52.0 Å². The Labute approximate surface area is 194 Å². The topological polar surface area (TPSA) is 55.1 Å². The highest BCUT2D eigenvalue weighted by Crippen LogP contribution is 2.21. The molecule has 0 bridgehead atoms. The molecule has 0 saturated carbocycles. The number of amides is 1. The maximum atomic E-state index is 13.3. The van der Waals surface area contributed by atoms with Gasteiger partial charge in [0.25, 0.3) is 5.91 Å². The average Bonchev–Trinajstić information content (AvgIpc) is 3.51. The lowest BCUT2D eigenvalue weighted by molar-refractivity contribution is 0.0909. The molecular formula is C27H29N5O. The van der Waals surface area contributed by atoms with Crippen LogP contribution in [0.15, 0.2) is 85.3 Å². The molecule has 2 aromatic carbocycles. The minimum absolute atomic E-state index is 0.0708. The molecule has 0 unspecified atom stereocenters. The Morgan fingerprint density at radius 1 is 0.970 bits per heavy atom. The second-order valence-electron chi connectivity index (χ2n) is 8.73. The summed E-state index contributed by atoms with van der Waals surface area (Å²) in [5, 5.41) is 7.84. The first kappa shape index (κ1) is 21.2. The van der Waals surface area contributed by atoms with Gasteiger partial charge in [-0.05, 0) is 49.6 Å². The van der Waals surface area contributed by atoms with Crippen molar-refractivity contribution < 1.29 is 4.79 Å². The van der Waals surface area contributed by atoms with Gasteiger partial charge in [-0.1, -0.05) is 48.0 Å². The number of nitrogens with zero attached hydrogens (tertiary/aromatic N) is 4. The summed E-state index contributed by atoms with van der Waals surface area (Å²) < 4.78 is 3.78. The molecule has 6 nitrogen and oxygen atoms in total. The molecule has 0 atom stereocenters. The Balaban J connectivity index is 1.30. The summed E-state index contributed by atoms with van der Waals surface area (Å²) in [5.41, 5.74) is 4.03. The third-order valence-electron chi connectivity index (χ3n) is 6.29. The van der Waals surface area contributed by atoms with Crippen LogP contribution in [0.5, 0.6) is 0 Å². The molecule has 5 rings (SSSR count). The quantitative estimate of drug-likeness (QED) is 0.486. The average molecular weight is 440 g/mol. The van der Waals surface area contributed by atoms with E-state index in [0.29, 0.717) is 5.56 Å². The second kappa shape index (κ2) is 9.46. The molecular weight excluding hydrogens is 410 g/mol. The molecule has 4 aromatic rings. The van der Waals surface area contributed by atoms with Crippen LogP contribution in [0.1, 0.15) is 34.3 Å². The van der Waals surface area contributed by atoms with Crippen molar-refractivity contribution in [3.8, 4) is 11.5 Å². The lowest BCUT2D eigenvalue weighted by atomic mass is 10.0. The summed E-state index contributed by atoms with van der Waals surface area (Å²) in [7, 11) is 0. The third-order valence-corrected chi connectivity index (χ3v) is 6.29. The van der Waals surface area contributed by atoms with E-state index in [0.717, 1.165) is 44.0 Å². The van der Waals surface area contributed by atoms with Crippen LogP contribution in [-0.2, 0) is 6.54 Å². The number of hydrogen-bond donors (Lipinski definition) is 1. The zero-order valence-corrected chi connectivity index (χ0v) is 18.9. The minimum atomic E-state index is -0.0708. The smallest absolute Gasteiger partial charge is 0.256 e. The molecule has 2 aromatic heterocycles. The maximum absolute atomic E-state index is 13.3. The number of nitrogens with one attached hydrogen (secondary N) is 1. The van der Waals surface area contributed by atoms with Gasteiger partial charge in [-0.3, -0.25) is 9.69 Å². The van der Waals surface area contributed by atoms with Crippen LogP contribution in [-0.4, -0.2) is 44.3 Å². The Morgan fingerprint density at radius 2 is 1.67 bits per heavy atom. The second-order valence-corrected chi connectivity index (χ2v) is 8.73. The normalized spacial score (nSPS) is 14.9. The maximum Gasteiger partial charge on any atom is 0.256 e. The van der Waals surface area contributed by atoms with E-state index in [2.05, 4.69) is 58.6 Å². The van der Waals surface area contributed by atoms with Crippen molar-refractivity contribution >= 4 is 5.91 Å². The highest BCUT2D eigenvalue weighted by molar-refractivity contribution is 5.97. The number of hydrogen-bond acceptors (Lipinski definition) is 3. The summed E-state index contributed by atoms with van der Waals surface area (Å²) in [5.74, 6) is 0.682. The molecule has 33 heavy (non-hydrogen) atoms. The minimum Gasteiger partial charge on any atom is -0.349 e. The first-order valence-corrected chi connectivity index (χ1v) is 11.5. The number of carbonyl (C=O) groups excluding carboxylic acids is 1. The molecule has 1 aliphatic heterocycles. The highest BCUT2D eigenvalue weighted by Gasteiger charge is 2.25. The molecule has 1 N–H and O–H groups in total. The van der Waals surface area contributed by atoms with E-state index in [4.69, 9.17) is 0 Å². The zero-order valence-electron chi connectivity index (χ0n) is 18.9. The summed E-state index contributed by atoms with van der Waals surface area (Å²) in [6.45, 7) is 4.98. The first-order chi connectivity index (χ1) is 16.2. The van der Waals surface area contributed by atoms with Crippen LogP contribution in [0.2, 0.25) is 0 Å². The van der Waals surface area contributed by atoms with Gasteiger partial charge < -0.3 is 9.88 Å². The van der Waals surface area contributed by atoms with E-state index in [1.165, 1.54) is 11.1 Å². The third kappa shape index (κ3) is 4.76. The van der Waals surface area contributed by atoms with Gasteiger partial charge in [0.1, 0.15) is 5.56 Å². The summed E-state index contributed by atoms with van der Waals surface area (Å²) in [4.78, 5) is 15.8. The predicted octanol–water partition coefficient (Wildman–Crippen LogP) is 4.37. The number of aromatic nitrogens is 3. The van der Waals surface area contributed by atoms with Crippen LogP contribution in [0.25, 0.3) is 11.5 Å². The van der Waals surface area contributed by atoms with Crippen molar-refractivity contribution in [1.82, 2.24) is 24.6 Å². The Morgan fingerprint density at radius 3 is 2.36 bits per heavy atom. The van der Waals surface area contributed by atoms with E-state index in [1.54, 1.807) is 6.20 Å². The monoisotopic (exact) mass is 439 g/mol. The van der Waals surface area contributed by atoms with Crippen molar-refractivity contribution in [3.63, 3.8) is 0 Å². The van der Waals surface area contributed by atoms with E-state index >= 15 is 0 Å². The van der Waals surface area contributed by atoms with Crippen LogP contribution in [0.4, 0.5) is 0 Å². The predicted molar refractivity (Wildman–Crippen MR) is 130 cm³/mol. The van der Waals surface area contributed by atoms with Crippen molar-refractivity contribution in [2.45, 2.75) is 32.4 Å². The molecule has 168 valence electrons. The molecule has 0 radical (unpaired) electrons. The standard InChI is InChI=1S/C27H29N5O/c1-21-9-11-24(12-10-21)32-27(31-15-5-6-16-31)25(19-28-32)26(33)29-23-13-17-30(18-14-23)20-22-7-3-2-4-8-22/h2-12,15-16,19,23H,13-14,17-18,20H2,1H3,(H,29,33). The lowest BCUT2D eigenvalue weighted by Gasteiger charge is -2.32. The summed E-state index contributed by atoms with van der Waals surface area (Å²) in [6.07, 6.45) is 7.46. The SMILES string of the molecule is Cc1ccc(-n2ncc(C(=O)NC3CCN(Cc4ccccc4)CC3)c2-n2cccc2)cc1.